The summed E-state index contributed by atoms with van der Waals surface area (Å²) >= 11 is 0. The van der Waals surface area contributed by atoms with Crippen LogP contribution in [-0.4, -0.2) is 54.2 Å². The molecule has 0 aliphatic carbocycles. The molecule has 1 saturated heterocycles. The number of hydrogen-bond donors (Lipinski definition) is 0. The SMILES string of the molecule is CCOC(=O)C(C)(C)Oc1ccc(CN2CCN(Cc3ccc(C(F)(F)F)cc3)CC2)c2ccccc12. The van der Waals surface area contributed by atoms with Gasteiger partial charge in [0.15, 0.2) is 5.60 Å². The fourth-order valence-corrected chi connectivity index (χ4v) is 4.59. The van der Waals surface area contributed by atoms with Crippen LogP contribution in [0.5, 0.6) is 5.75 Å². The molecule has 0 N–H and O–H groups in total. The number of fused-ring (bicyclic) bond motifs is 1. The number of piperazine rings is 1. The second kappa shape index (κ2) is 11.1. The molecule has 3 aromatic rings. The van der Waals surface area contributed by atoms with Gasteiger partial charge in [0, 0.05) is 44.7 Å². The molecule has 37 heavy (non-hydrogen) atoms. The summed E-state index contributed by atoms with van der Waals surface area (Å²) in [7, 11) is 0. The normalized spacial score (nSPS) is 15.6. The van der Waals surface area contributed by atoms with Gasteiger partial charge in [0.25, 0.3) is 0 Å². The molecule has 1 aliphatic heterocycles. The van der Waals surface area contributed by atoms with Gasteiger partial charge >= 0.3 is 12.1 Å². The zero-order valence-corrected chi connectivity index (χ0v) is 21.5. The van der Waals surface area contributed by atoms with Crippen molar-refractivity contribution in [3.63, 3.8) is 0 Å². The van der Waals surface area contributed by atoms with E-state index in [9.17, 15) is 18.0 Å². The van der Waals surface area contributed by atoms with Crippen LogP contribution in [-0.2, 0) is 28.8 Å². The molecule has 1 aliphatic rings. The summed E-state index contributed by atoms with van der Waals surface area (Å²) in [4.78, 5) is 17.0. The van der Waals surface area contributed by atoms with Crippen molar-refractivity contribution in [3.8, 4) is 5.75 Å². The molecule has 0 amide bonds. The number of rotatable bonds is 8. The molecule has 0 spiro atoms. The predicted molar refractivity (Wildman–Crippen MR) is 137 cm³/mol. The van der Waals surface area contributed by atoms with Crippen molar-refractivity contribution in [3.05, 3.63) is 77.4 Å². The first-order chi connectivity index (χ1) is 17.6. The standard InChI is InChI=1S/C29H33F3N2O3/c1-4-36-27(35)28(2,3)37-26-14-11-22(24-7-5-6-8-25(24)26)20-34-17-15-33(16-18-34)19-21-9-12-23(13-10-21)29(30,31)32/h5-14H,4,15-20H2,1-3H3. The van der Waals surface area contributed by atoms with E-state index >= 15 is 0 Å². The Morgan fingerprint density at radius 2 is 1.43 bits per heavy atom. The Morgan fingerprint density at radius 1 is 0.838 bits per heavy atom. The van der Waals surface area contributed by atoms with Crippen molar-refractivity contribution in [1.29, 1.82) is 0 Å². The third kappa shape index (κ3) is 6.62. The average Bonchev–Trinajstić information content (AvgIpc) is 2.86. The van der Waals surface area contributed by atoms with Gasteiger partial charge in [0.2, 0.25) is 0 Å². The number of esters is 1. The predicted octanol–water partition coefficient (Wildman–Crippen LogP) is 5.90. The molecule has 0 atom stereocenters. The number of halogens is 3. The molecule has 0 bridgehead atoms. The number of carbonyl (C=O) groups is 1. The van der Waals surface area contributed by atoms with Gasteiger partial charge in [-0.3, -0.25) is 9.80 Å². The molecule has 0 saturated carbocycles. The van der Waals surface area contributed by atoms with E-state index < -0.39 is 23.3 Å². The lowest BCUT2D eigenvalue weighted by molar-refractivity contribution is -0.158. The first kappa shape index (κ1) is 26.9. The van der Waals surface area contributed by atoms with E-state index in [-0.39, 0.29) is 0 Å². The van der Waals surface area contributed by atoms with E-state index in [1.165, 1.54) is 5.56 Å². The molecule has 0 radical (unpaired) electrons. The Bertz CT molecular complexity index is 1220. The van der Waals surface area contributed by atoms with E-state index in [4.69, 9.17) is 9.47 Å². The van der Waals surface area contributed by atoms with Crippen molar-refractivity contribution in [2.24, 2.45) is 0 Å². The van der Waals surface area contributed by atoms with Crippen LogP contribution in [0.4, 0.5) is 13.2 Å². The smallest absolute Gasteiger partial charge is 0.416 e. The van der Waals surface area contributed by atoms with E-state index in [2.05, 4.69) is 15.9 Å². The van der Waals surface area contributed by atoms with Crippen LogP contribution in [0.2, 0.25) is 0 Å². The maximum Gasteiger partial charge on any atom is 0.416 e. The van der Waals surface area contributed by atoms with Crippen LogP contribution >= 0.6 is 0 Å². The molecule has 5 nitrogen and oxygen atoms in total. The number of hydrogen-bond acceptors (Lipinski definition) is 5. The zero-order valence-electron chi connectivity index (χ0n) is 21.5. The third-order valence-corrected chi connectivity index (χ3v) is 6.65. The molecule has 1 heterocycles. The summed E-state index contributed by atoms with van der Waals surface area (Å²) in [6, 6.07) is 17.4. The van der Waals surface area contributed by atoms with Gasteiger partial charge in [0.1, 0.15) is 5.75 Å². The van der Waals surface area contributed by atoms with Crippen LogP contribution in [0.15, 0.2) is 60.7 Å². The first-order valence-electron chi connectivity index (χ1n) is 12.5. The van der Waals surface area contributed by atoms with Crippen LogP contribution in [0, 0.1) is 0 Å². The number of benzene rings is 3. The fourth-order valence-electron chi connectivity index (χ4n) is 4.59. The number of ether oxygens (including phenoxy) is 2. The Morgan fingerprint density at radius 3 is 2.03 bits per heavy atom. The van der Waals surface area contributed by atoms with Crippen molar-refractivity contribution in [2.75, 3.05) is 32.8 Å². The molecule has 0 aromatic heterocycles. The molecule has 3 aromatic carbocycles. The molecule has 1 fully saturated rings. The van der Waals surface area contributed by atoms with Crippen molar-refractivity contribution in [1.82, 2.24) is 9.80 Å². The van der Waals surface area contributed by atoms with Gasteiger partial charge in [-0.15, -0.1) is 0 Å². The quantitative estimate of drug-likeness (QED) is 0.351. The van der Waals surface area contributed by atoms with Gasteiger partial charge in [-0.2, -0.15) is 13.2 Å². The maximum atomic E-state index is 12.8. The lowest BCUT2D eigenvalue weighted by Crippen LogP contribution is -2.45. The lowest BCUT2D eigenvalue weighted by Gasteiger charge is -2.35. The molecular weight excluding hydrogens is 481 g/mol. The first-order valence-corrected chi connectivity index (χ1v) is 12.5. The van der Waals surface area contributed by atoms with Gasteiger partial charge in [-0.05, 0) is 55.5 Å². The second-order valence-corrected chi connectivity index (χ2v) is 9.85. The number of carbonyl (C=O) groups excluding carboxylic acids is 1. The summed E-state index contributed by atoms with van der Waals surface area (Å²) in [6.07, 6.45) is -4.31. The highest BCUT2D eigenvalue weighted by Crippen LogP contribution is 2.32. The fraction of sp³-hybridized carbons (Fsp3) is 0.414. The Labute approximate surface area is 215 Å². The van der Waals surface area contributed by atoms with Crippen LogP contribution in [0.3, 0.4) is 0 Å². The maximum absolute atomic E-state index is 12.8. The number of nitrogens with zero attached hydrogens (tertiary/aromatic N) is 2. The highest BCUT2D eigenvalue weighted by Gasteiger charge is 2.32. The Hall–Kier alpha value is -3.10. The minimum atomic E-state index is -4.31. The van der Waals surface area contributed by atoms with Crippen LogP contribution < -0.4 is 4.74 Å². The molecule has 8 heteroatoms. The van der Waals surface area contributed by atoms with Crippen molar-refractivity contribution < 1.29 is 27.4 Å². The molecule has 0 unspecified atom stereocenters. The van der Waals surface area contributed by atoms with Crippen molar-refractivity contribution >= 4 is 16.7 Å². The van der Waals surface area contributed by atoms with Gasteiger partial charge in [-0.25, -0.2) is 4.79 Å². The topological polar surface area (TPSA) is 42.0 Å². The minimum absolute atomic E-state index is 0.295. The monoisotopic (exact) mass is 514 g/mol. The van der Waals surface area contributed by atoms with E-state index in [0.29, 0.717) is 18.9 Å². The summed E-state index contributed by atoms with van der Waals surface area (Å²) in [5.41, 5.74) is 0.333. The average molecular weight is 515 g/mol. The van der Waals surface area contributed by atoms with Gasteiger partial charge in [0.05, 0.1) is 12.2 Å². The van der Waals surface area contributed by atoms with E-state index in [0.717, 1.165) is 61.2 Å². The lowest BCUT2D eigenvalue weighted by atomic mass is 10.0. The minimum Gasteiger partial charge on any atom is -0.476 e. The van der Waals surface area contributed by atoms with Crippen molar-refractivity contribution in [2.45, 2.75) is 45.6 Å². The summed E-state index contributed by atoms with van der Waals surface area (Å²) < 4.78 is 49.7. The van der Waals surface area contributed by atoms with Gasteiger partial charge in [-0.1, -0.05) is 42.5 Å². The zero-order chi connectivity index (χ0) is 26.6. The second-order valence-electron chi connectivity index (χ2n) is 9.85. The highest BCUT2D eigenvalue weighted by molar-refractivity contribution is 5.91. The highest BCUT2D eigenvalue weighted by atomic mass is 19.4. The molecule has 198 valence electrons. The third-order valence-electron chi connectivity index (χ3n) is 6.65. The summed E-state index contributed by atoms with van der Waals surface area (Å²) in [5.74, 6) is 0.232. The largest absolute Gasteiger partial charge is 0.476 e. The summed E-state index contributed by atoms with van der Waals surface area (Å²) in [6.45, 7) is 10.3. The van der Waals surface area contributed by atoms with Crippen LogP contribution in [0.1, 0.15) is 37.5 Å². The Balaban J connectivity index is 1.39. The van der Waals surface area contributed by atoms with E-state index in [1.54, 1.807) is 32.9 Å². The Kier molecular flexibility index (Phi) is 8.09. The van der Waals surface area contributed by atoms with Crippen LogP contribution in [0.25, 0.3) is 10.8 Å². The number of alkyl halides is 3. The molecular formula is C29H33F3N2O3. The summed E-state index contributed by atoms with van der Waals surface area (Å²) in [5, 5.41) is 2.02. The van der Waals surface area contributed by atoms with E-state index in [1.807, 2.05) is 30.3 Å². The molecule has 4 rings (SSSR count). The van der Waals surface area contributed by atoms with Gasteiger partial charge < -0.3 is 9.47 Å².